The van der Waals surface area contributed by atoms with E-state index in [2.05, 4.69) is 20.6 Å². The summed E-state index contributed by atoms with van der Waals surface area (Å²) < 4.78 is 0. The number of likely N-dealkylation sites (N-methyl/N-ethyl adjacent to an activating group) is 1. The topological polar surface area (TPSA) is 70.2 Å². The number of nitrogens with zero attached hydrogens (tertiary/aromatic N) is 3. The fourth-order valence-corrected chi connectivity index (χ4v) is 2.24. The highest BCUT2D eigenvalue weighted by Gasteiger charge is 2.19. The van der Waals surface area contributed by atoms with E-state index < -0.39 is 0 Å². The number of nitrogens with one attached hydrogen (secondary N) is 2. The molecule has 1 aliphatic heterocycles. The third-order valence-corrected chi connectivity index (χ3v) is 3.04. The molecule has 1 aromatic heterocycles. The van der Waals surface area contributed by atoms with Crippen molar-refractivity contribution >= 4 is 11.7 Å². The second-order valence-electron chi connectivity index (χ2n) is 5.13. The number of amides is 1. The molecule has 0 bridgehead atoms. The van der Waals surface area contributed by atoms with Crippen molar-refractivity contribution < 1.29 is 4.79 Å². The second-order valence-corrected chi connectivity index (χ2v) is 5.13. The van der Waals surface area contributed by atoms with Gasteiger partial charge in [-0.25, -0.2) is 9.97 Å². The first-order valence-electron chi connectivity index (χ1n) is 6.62. The summed E-state index contributed by atoms with van der Waals surface area (Å²) in [5.74, 6) is 0.852. The molecule has 0 atom stereocenters. The van der Waals surface area contributed by atoms with Crippen LogP contribution in [0.3, 0.4) is 0 Å². The number of rotatable bonds is 4. The van der Waals surface area contributed by atoms with Crippen molar-refractivity contribution in [2.45, 2.75) is 32.9 Å². The van der Waals surface area contributed by atoms with Crippen LogP contribution in [-0.4, -0.2) is 42.1 Å². The third kappa shape index (κ3) is 3.41. The molecule has 2 rings (SSSR count). The lowest BCUT2D eigenvalue weighted by molar-refractivity contribution is -0.120. The molecule has 6 heteroatoms. The number of hydrogen-bond acceptors (Lipinski definition) is 5. The number of aromatic nitrogens is 2. The van der Waals surface area contributed by atoms with Crippen LogP contribution >= 0.6 is 0 Å². The molecule has 1 aromatic rings. The minimum Gasteiger partial charge on any atom is -0.352 e. The molecule has 104 valence electrons. The van der Waals surface area contributed by atoms with Gasteiger partial charge < -0.3 is 15.5 Å². The van der Waals surface area contributed by atoms with Crippen LogP contribution in [0.4, 0.5) is 5.82 Å². The van der Waals surface area contributed by atoms with E-state index in [4.69, 9.17) is 0 Å². The smallest absolute Gasteiger partial charge is 0.239 e. The van der Waals surface area contributed by atoms with E-state index in [1.807, 2.05) is 25.8 Å². The molecule has 6 nitrogen and oxygen atoms in total. The van der Waals surface area contributed by atoms with Gasteiger partial charge in [-0.05, 0) is 13.8 Å². The Bertz CT molecular complexity index is 460. The number of carbonyl (C=O) groups is 1. The van der Waals surface area contributed by atoms with Crippen LogP contribution in [0.1, 0.15) is 25.1 Å². The van der Waals surface area contributed by atoms with E-state index in [1.165, 1.54) is 0 Å². The maximum atomic E-state index is 11.8. The highest BCUT2D eigenvalue weighted by molar-refractivity contribution is 5.81. The molecule has 0 radical (unpaired) electrons. The zero-order valence-corrected chi connectivity index (χ0v) is 11.7. The van der Waals surface area contributed by atoms with Gasteiger partial charge in [0.2, 0.25) is 5.91 Å². The molecule has 1 amide bonds. The van der Waals surface area contributed by atoms with Crippen molar-refractivity contribution in [1.29, 1.82) is 0 Å². The summed E-state index contributed by atoms with van der Waals surface area (Å²) in [7, 11) is 1.89. The summed E-state index contributed by atoms with van der Waals surface area (Å²) in [6, 6.07) is 0.155. The van der Waals surface area contributed by atoms with Gasteiger partial charge in [-0.3, -0.25) is 4.79 Å². The third-order valence-electron chi connectivity index (χ3n) is 3.04. The Morgan fingerprint density at radius 3 is 3.05 bits per heavy atom. The SMILES string of the molecule is CC(C)NC(=O)CN(C)c1ncnc2c1CNCC2. The van der Waals surface area contributed by atoms with Gasteiger partial charge in [-0.15, -0.1) is 0 Å². The summed E-state index contributed by atoms with van der Waals surface area (Å²) in [5, 5.41) is 6.20. The van der Waals surface area contributed by atoms with Crippen molar-refractivity contribution in [3.8, 4) is 0 Å². The van der Waals surface area contributed by atoms with Crippen LogP contribution in [0, 0.1) is 0 Å². The van der Waals surface area contributed by atoms with Crippen molar-refractivity contribution in [1.82, 2.24) is 20.6 Å². The van der Waals surface area contributed by atoms with E-state index in [-0.39, 0.29) is 11.9 Å². The number of fused-ring (bicyclic) bond motifs is 1. The fraction of sp³-hybridized carbons (Fsp3) is 0.615. The molecule has 0 spiro atoms. The molecule has 0 fully saturated rings. The average Bonchev–Trinajstić information content (AvgIpc) is 2.36. The zero-order valence-electron chi connectivity index (χ0n) is 11.7. The Morgan fingerprint density at radius 1 is 1.53 bits per heavy atom. The lowest BCUT2D eigenvalue weighted by Gasteiger charge is -2.24. The monoisotopic (exact) mass is 263 g/mol. The molecule has 0 aliphatic carbocycles. The van der Waals surface area contributed by atoms with Crippen molar-refractivity contribution in [3.05, 3.63) is 17.6 Å². The Kier molecular flexibility index (Phi) is 4.31. The van der Waals surface area contributed by atoms with E-state index in [0.29, 0.717) is 6.54 Å². The Labute approximate surface area is 113 Å². The fourth-order valence-electron chi connectivity index (χ4n) is 2.24. The predicted molar refractivity (Wildman–Crippen MR) is 74.0 cm³/mol. The molecule has 2 heterocycles. The standard InChI is InChI=1S/C13H21N5O/c1-9(2)17-12(19)7-18(3)13-10-6-14-5-4-11(10)15-8-16-13/h8-9,14H,4-7H2,1-3H3,(H,17,19). The van der Waals surface area contributed by atoms with Crippen molar-refractivity contribution in [2.24, 2.45) is 0 Å². The van der Waals surface area contributed by atoms with Gasteiger partial charge in [0.1, 0.15) is 12.1 Å². The number of hydrogen-bond donors (Lipinski definition) is 2. The summed E-state index contributed by atoms with van der Waals surface area (Å²) >= 11 is 0. The Balaban J connectivity index is 2.11. The van der Waals surface area contributed by atoms with Gasteiger partial charge in [0.25, 0.3) is 0 Å². The summed E-state index contributed by atoms with van der Waals surface area (Å²) in [6.07, 6.45) is 2.49. The normalized spacial score (nSPS) is 14.1. The van der Waals surface area contributed by atoms with Crippen molar-refractivity contribution in [2.75, 3.05) is 25.0 Å². The molecule has 0 unspecified atom stereocenters. The van der Waals surface area contributed by atoms with Crippen LogP contribution in [0.25, 0.3) is 0 Å². The molecule has 0 aromatic carbocycles. The molecule has 0 saturated carbocycles. The van der Waals surface area contributed by atoms with Crippen LogP contribution < -0.4 is 15.5 Å². The highest BCUT2D eigenvalue weighted by Crippen LogP contribution is 2.21. The first-order chi connectivity index (χ1) is 9.08. The lowest BCUT2D eigenvalue weighted by atomic mass is 10.1. The zero-order chi connectivity index (χ0) is 13.8. The maximum absolute atomic E-state index is 11.8. The number of anilines is 1. The van der Waals surface area contributed by atoms with Crippen LogP contribution in [0.15, 0.2) is 6.33 Å². The van der Waals surface area contributed by atoms with Gasteiger partial charge in [-0.2, -0.15) is 0 Å². The second kappa shape index (κ2) is 5.97. The van der Waals surface area contributed by atoms with Gasteiger partial charge in [0.05, 0.1) is 12.2 Å². The van der Waals surface area contributed by atoms with Gasteiger partial charge in [0.15, 0.2) is 0 Å². The summed E-state index contributed by atoms with van der Waals surface area (Å²) in [5.41, 5.74) is 2.19. The predicted octanol–water partition coefficient (Wildman–Crippen LogP) is 0.0831. The minimum atomic E-state index is 0.00799. The van der Waals surface area contributed by atoms with E-state index in [0.717, 1.165) is 36.6 Å². The highest BCUT2D eigenvalue weighted by atomic mass is 16.2. The van der Waals surface area contributed by atoms with Crippen LogP contribution in [0.2, 0.25) is 0 Å². The first-order valence-corrected chi connectivity index (χ1v) is 6.62. The van der Waals surface area contributed by atoms with Crippen LogP contribution in [0.5, 0.6) is 0 Å². The average molecular weight is 263 g/mol. The maximum Gasteiger partial charge on any atom is 0.239 e. The Hall–Kier alpha value is -1.69. The van der Waals surface area contributed by atoms with E-state index in [1.54, 1.807) is 6.33 Å². The van der Waals surface area contributed by atoms with Crippen molar-refractivity contribution in [3.63, 3.8) is 0 Å². The van der Waals surface area contributed by atoms with Gasteiger partial charge in [0, 0.05) is 38.2 Å². The lowest BCUT2D eigenvalue weighted by Crippen LogP contribution is -2.39. The molecule has 2 N–H and O–H groups in total. The molecule has 0 saturated heterocycles. The summed E-state index contributed by atoms with van der Waals surface area (Å²) in [4.78, 5) is 22.3. The quantitative estimate of drug-likeness (QED) is 0.805. The Morgan fingerprint density at radius 2 is 2.32 bits per heavy atom. The largest absolute Gasteiger partial charge is 0.352 e. The number of carbonyl (C=O) groups excluding carboxylic acids is 1. The van der Waals surface area contributed by atoms with Gasteiger partial charge >= 0.3 is 0 Å². The molecular formula is C13H21N5O. The first kappa shape index (κ1) is 13.7. The minimum absolute atomic E-state index is 0.00799. The van der Waals surface area contributed by atoms with E-state index in [9.17, 15) is 4.79 Å². The van der Waals surface area contributed by atoms with E-state index >= 15 is 0 Å². The van der Waals surface area contributed by atoms with Gasteiger partial charge in [-0.1, -0.05) is 0 Å². The molecule has 1 aliphatic rings. The summed E-state index contributed by atoms with van der Waals surface area (Å²) in [6.45, 7) is 5.92. The molecular weight excluding hydrogens is 242 g/mol. The van der Waals surface area contributed by atoms with Crippen LogP contribution in [-0.2, 0) is 17.8 Å². The molecule has 19 heavy (non-hydrogen) atoms.